The number of thioether (sulfide) groups is 1. The molecule has 2 heterocycles. The Bertz CT molecular complexity index is 1340. The summed E-state index contributed by atoms with van der Waals surface area (Å²) in [6, 6.07) is 5.51. The number of aryl methyl sites for hydroxylation is 1. The Balaban J connectivity index is 1.70. The van der Waals surface area contributed by atoms with Crippen molar-refractivity contribution in [3.8, 4) is 5.75 Å². The van der Waals surface area contributed by atoms with E-state index < -0.39 is 23.9 Å². The van der Waals surface area contributed by atoms with Crippen LogP contribution in [0.2, 0.25) is 5.02 Å². The summed E-state index contributed by atoms with van der Waals surface area (Å²) in [6.45, 7) is 8.78. The van der Waals surface area contributed by atoms with E-state index in [0.717, 1.165) is 28.7 Å². The summed E-state index contributed by atoms with van der Waals surface area (Å²) in [5.74, 6) is -0.655. The van der Waals surface area contributed by atoms with Crippen LogP contribution in [0.15, 0.2) is 23.4 Å². The normalized spacial score (nSPS) is 11.9. The van der Waals surface area contributed by atoms with E-state index in [1.807, 2.05) is 26.0 Å². The van der Waals surface area contributed by atoms with Crippen LogP contribution >= 0.6 is 34.7 Å². The molecule has 0 radical (unpaired) electrons. The molecule has 10 nitrogen and oxygen atoms in total. The minimum absolute atomic E-state index is 0.0214. The van der Waals surface area contributed by atoms with Gasteiger partial charge in [-0.2, -0.15) is 0 Å². The number of carbonyl (C=O) groups is 3. The van der Waals surface area contributed by atoms with Crippen molar-refractivity contribution in [2.45, 2.75) is 52.0 Å². The molecular formula is C24H28ClN5O5S2. The van der Waals surface area contributed by atoms with Gasteiger partial charge in [-0.25, -0.2) is 4.79 Å². The molecule has 3 aromatic rings. The largest absolute Gasteiger partial charge is 0.481 e. The van der Waals surface area contributed by atoms with Crippen molar-refractivity contribution in [1.29, 1.82) is 0 Å². The SMILES string of the molecule is Cc1ccc(Cl)c(OC(C)c2nnc(SCC(=O)Nc3sc(C(N)=O)c(C)c3C(=O)OC(C)C)n2C)c1. The van der Waals surface area contributed by atoms with Gasteiger partial charge in [0.05, 0.1) is 27.3 Å². The third-order valence-electron chi connectivity index (χ3n) is 5.13. The highest BCUT2D eigenvalue weighted by atomic mass is 35.5. The highest BCUT2D eigenvalue weighted by molar-refractivity contribution is 7.99. The number of hydrogen-bond donors (Lipinski definition) is 2. The molecule has 37 heavy (non-hydrogen) atoms. The van der Waals surface area contributed by atoms with Crippen molar-refractivity contribution in [1.82, 2.24) is 14.8 Å². The number of rotatable bonds is 10. The molecule has 13 heteroatoms. The first-order valence-electron chi connectivity index (χ1n) is 11.3. The van der Waals surface area contributed by atoms with Gasteiger partial charge in [0.25, 0.3) is 5.91 Å². The quantitative estimate of drug-likeness (QED) is 0.267. The smallest absolute Gasteiger partial charge is 0.341 e. The topological polar surface area (TPSA) is 138 Å². The van der Waals surface area contributed by atoms with Crippen molar-refractivity contribution >= 4 is 57.5 Å². The van der Waals surface area contributed by atoms with Gasteiger partial charge in [0, 0.05) is 7.05 Å². The molecule has 0 bridgehead atoms. The lowest BCUT2D eigenvalue weighted by Crippen LogP contribution is -2.18. The molecule has 0 aliphatic carbocycles. The number of primary amides is 1. The van der Waals surface area contributed by atoms with Crippen LogP contribution in [0.1, 0.15) is 63.9 Å². The summed E-state index contributed by atoms with van der Waals surface area (Å²) in [5, 5.41) is 12.3. The Morgan fingerprint density at radius 3 is 2.57 bits per heavy atom. The van der Waals surface area contributed by atoms with Crippen molar-refractivity contribution in [2.24, 2.45) is 12.8 Å². The minimum atomic E-state index is -0.689. The maximum Gasteiger partial charge on any atom is 0.341 e. The van der Waals surface area contributed by atoms with Gasteiger partial charge in [0.15, 0.2) is 17.1 Å². The van der Waals surface area contributed by atoms with E-state index in [1.165, 1.54) is 0 Å². The molecule has 3 rings (SSSR count). The molecule has 0 aliphatic heterocycles. The first kappa shape index (κ1) is 28.5. The number of carbonyl (C=O) groups excluding carboxylic acids is 3. The molecule has 3 N–H and O–H groups in total. The zero-order chi connectivity index (χ0) is 27.4. The van der Waals surface area contributed by atoms with Crippen molar-refractivity contribution in [2.75, 3.05) is 11.1 Å². The lowest BCUT2D eigenvalue weighted by Gasteiger charge is -2.15. The fourth-order valence-electron chi connectivity index (χ4n) is 3.40. The number of anilines is 1. The Labute approximate surface area is 227 Å². The molecule has 2 aromatic heterocycles. The maximum absolute atomic E-state index is 12.7. The first-order valence-corrected chi connectivity index (χ1v) is 13.5. The lowest BCUT2D eigenvalue weighted by molar-refractivity contribution is -0.113. The second-order valence-corrected chi connectivity index (χ2v) is 10.9. The lowest BCUT2D eigenvalue weighted by atomic mass is 10.1. The number of thiophene rings is 1. The Hall–Kier alpha value is -3.09. The second kappa shape index (κ2) is 12.0. The second-order valence-electron chi connectivity index (χ2n) is 8.51. The summed E-state index contributed by atoms with van der Waals surface area (Å²) in [5.41, 5.74) is 6.93. The monoisotopic (exact) mass is 565 g/mol. The summed E-state index contributed by atoms with van der Waals surface area (Å²) >= 11 is 8.33. The van der Waals surface area contributed by atoms with Gasteiger partial charge in [-0.1, -0.05) is 29.4 Å². The van der Waals surface area contributed by atoms with E-state index in [2.05, 4.69) is 15.5 Å². The van der Waals surface area contributed by atoms with Gasteiger partial charge < -0.3 is 25.1 Å². The van der Waals surface area contributed by atoms with Gasteiger partial charge in [0.1, 0.15) is 10.8 Å². The van der Waals surface area contributed by atoms with E-state index >= 15 is 0 Å². The van der Waals surface area contributed by atoms with Gasteiger partial charge in [-0.05, 0) is 57.9 Å². The summed E-state index contributed by atoms with van der Waals surface area (Å²) in [6.07, 6.45) is -0.822. The van der Waals surface area contributed by atoms with E-state index in [9.17, 15) is 14.4 Å². The fraction of sp³-hybridized carbons (Fsp3) is 0.375. The number of hydrogen-bond acceptors (Lipinski definition) is 9. The van der Waals surface area contributed by atoms with Gasteiger partial charge in [-0.3, -0.25) is 9.59 Å². The van der Waals surface area contributed by atoms with E-state index in [4.69, 9.17) is 26.8 Å². The number of nitrogens with one attached hydrogen (secondary N) is 1. The highest BCUT2D eigenvalue weighted by Gasteiger charge is 2.27. The first-order chi connectivity index (χ1) is 17.4. The van der Waals surface area contributed by atoms with Crippen LogP contribution in [0, 0.1) is 13.8 Å². The number of benzene rings is 1. The number of aromatic nitrogens is 3. The number of nitrogens with two attached hydrogens (primary N) is 1. The van der Waals surface area contributed by atoms with Gasteiger partial charge in [-0.15, -0.1) is 21.5 Å². The van der Waals surface area contributed by atoms with E-state index in [-0.39, 0.29) is 27.3 Å². The standard InChI is InChI=1S/C24H28ClN5O5S2/c1-11(2)34-23(33)18-13(4)19(20(26)32)37-22(18)27-17(31)10-36-24-29-28-21(30(24)6)14(5)35-16-9-12(3)7-8-15(16)25/h7-9,11,14H,10H2,1-6H3,(H2,26,32)(H,27,31). The van der Waals surface area contributed by atoms with Crippen LogP contribution in [0.3, 0.4) is 0 Å². The van der Waals surface area contributed by atoms with Crippen LogP contribution in [0.4, 0.5) is 5.00 Å². The zero-order valence-electron chi connectivity index (χ0n) is 21.2. The molecule has 0 aliphatic rings. The number of nitrogens with zero attached hydrogens (tertiary/aromatic N) is 3. The summed E-state index contributed by atoms with van der Waals surface area (Å²) in [4.78, 5) is 37.3. The Morgan fingerprint density at radius 2 is 1.92 bits per heavy atom. The molecule has 0 saturated heterocycles. The van der Waals surface area contributed by atoms with Crippen LogP contribution in [-0.4, -0.2) is 44.4 Å². The van der Waals surface area contributed by atoms with Crippen LogP contribution in [0.5, 0.6) is 5.75 Å². The van der Waals surface area contributed by atoms with Crippen molar-refractivity contribution < 1.29 is 23.9 Å². The molecular weight excluding hydrogens is 538 g/mol. The third-order valence-corrected chi connectivity index (χ3v) is 7.68. The Morgan fingerprint density at radius 1 is 1.22 bits per heavy atom. The minimum Gasteiger partial charge on any atom is -0.481 e. The third kappa shape index (κ3) is 6.82. The number of ether oxygens (including phenoxy) is 2. The molecule has 1 atom stereocenters. The molecule has 0 spiro atoms. The average Bonchev–Trinajstić information content (AvgIpc) is 3.33. The predicted octanol–water partition coefficient (Wildman–Crippen LogP) is 4.68. The fourth-order valence-corrected chi connectivity index (χ4v) is 5.34. The number of amides is 2. The van der Waals surface area contributed by atoms with E-state index in [0.29, 0.717) is 27.3 Å². The molecule has 2 amide bonds. The molecule has 0 saturated carbocycles. The predicted molar refractivity (Wildman–Crippen MR) is 144 cm³/mol. The summed E-state index contributed by atoms with van der Waals surface area (Å²) < 4.78 is 13.0. The van der Waals surface area contributed by atoms with Crippen LogP contribution in [-0.2, 0) is 16.6 Å². The molecule has 0 fully saturated rings. The van der Waals surface area contributed by atoms with Gasteiger partial charge >= 0.3 is 5.97 Å². The Kier molecular flexibility index (Phi) is 9.21. The summed E-state index contributed by atoms with van der Waals surface area (Å²) in [7, 11) is 1.77. The van der Waals surface area contributed by atoms with Crippen LogP contribution in [0.25, 0.3) is 0 Å². The maximum atomic E-state index is 12.7. The van der Waals surface area contributed by atoms with Crippen molar-refractivity contribution in [3.63, 3.8) is 0 Å². The zero-order valence-corrected chi connectivity index (χ0v) is 23.6. The highest BCUT2D eigenvalue weighted by Crippen LogP contribution is 2.34. The number of esters is 1. The number of halogens is 1. The van der Waals surface area contributed by atoms with Crippen LogP contribution < -0.4 is 15.8 Å². The van der Waals surface area contributed by atoms with E-state index in [1.54, 1.807) is 38.5 Å². The molecule has 1 unspecified atom stereocenters. The average molecular weight is 566 g/mol. The van der Waals surface area contributed by atoms with Gasteiger partial charge in [0.2, 0.25) is 5.91 Å². The molecule has 1 aromatic carbocycles. The van der Waals surface area contributed by atoms with Crippen molar-refractivity contribution in [3.05, 3.63) is 50.6 Å². The molecule has 198 valence electrons.